The molecule has 0 bridgehead atoms. The van der Waals surface area contributed by atoms with Crippen molar-refractivity contribution in [3.63, 3.8) is 0 Å². The number of nitrogens with one attached hydrogen (secondary N) is 1. The number of esters is 1. The van der Waals surface area contributed by atoms with Gasteiger partial charge >= 0.3 is 5.97 Å². The third-order valence-electron chi connectivity index (χ3n) is 4.75. The number of nitrogens with zero attached hydrogens (tertiary/aromatic N) is 1. The second-order valence-electron chi connectivity index (χ2n) is 7.11. The Labute approximate surface area is 174 Å². The average molecular weight is 409 g/mol. The van der Waals surface area contributed by atoms with E-state index in [1.807, 2.05) is 70.2 Å². The maximum Gasteiger partial charge on any atom is 0.358 e. The van der Waals surface area contributed by atoms with Gasteiger partial charge in [-0.15, -0.1) is 11.3 Å². The van der Waals surface area contributed by atoms with Crippen LogP contribution < -0.4 is 5.32 Å². The molecule has 0 spiro atoms. The van der Waals surface area contributed by atoms with Gasteiger partial charge in [-0.25, -0.2) is 9.78 Å². The number of aryl methyl sites for hydroxylation is 3. The number of aromatic nitrogens is 1. The summed E-state index contributed by atoms with van der Waals surface area (Å²) in [6.07, 6.45) is 0. The van der Waals surface area contributed by atoms with Gasteiger partial charge in [-0.1, -0.05) is 48.0 Å². The molecule has 0 aliphatic heterocycles. The molecule has 3 aromatic rings. The summed E-state index contributed by atoms with van der Waals surface area (Å²) in [4.78, 5) is 28.7. The molecule has 1 N–H and O–H groups in total. The topological polar surface area (TPSA) is 68.3 Å². The van der Waals surface area contributed by atoms with E-state index in [2.05, 4.69) is 10.3 Å². The minimum atomic E-state index is -0.603. The van der Waals surface area contributed by atoms with Gasteiger partial charge in [0.2, 0.25) is 0 Å². The zero-order valence-corrected chi connectivity index (χ0v) is 17.8. The number of thiazole rings is 1. The van der Waals surface area contributed by atoms with Gasteiger partial charge in [-0.2, -0.15) is 0 Å². The van der Waals surface area contributed by atoms with Gasteiger partial charge in [0.25, 0.3) is 5.91 Å². The van der Waals surface area contributed by atoms with E-state index in [0.29, 0.717) is 0 Å². The van der Waals surface area contributed by atoms with E-state index < -0.39 is 5.97 Å². The van der Waals surface area contributed by atoms with Gasteiger partial charge in [0.15, 0.2) is 12.3 Å². The fraction of sp³-hybridized carbons (Fsp3) is 0.261. The van der Waals surface area contributed by atoms with Gasteiger partial charge in [0.1, 0.15) is 5.01 Å². The molecule has 1 atom stereocenters. The van der Waals surface area contributed by atoms with Crippen LogP contribution in [-0.4, -0.2) is 23.5 Å². The van der Waals surface area contributed by atoms with E-state index >= 15 is 0 Å². The number of rotatable bonds is 6. The molecule has 3 rings (SSSR count). The van der Waals surface area contributed by atoms with Crippen molar-refractivity contribution in [3.8, 4) is 10.6 Å². The van der Waals surface area contributed by atoms with Crippen molar-refractivity contribution in [2.45, 2.75) is 33.7 Å². The van der Waals surface area contributed by atoms with Gasteiger partial charge in [-0.05, 0) is 44.4 Å². The summed E-state index contributed by atoms with van der Waals surface area (Å²) >= 11 is 1.37. The second-order valence-corrected chi connectivity index (χ2v) is 7.97. The van der Waals surface area contributed by atoms with Gasteiger partial charge in [0.05, 0.1) is 6.04 Å². The summed E-state index contributed by atoms with van der Waals surface area (Å²) in [7, 11) is 0. The number of ether oxygens (including phenoxy) is 1. The molecule has 6 heteroatoms. The van der Waals surface area contributed by atoms with Crippen molar-refractivity contribution in [1.82, 2.24) is 10.3 Å². The number of benzene rings is 2. The quantitative estimate of drug-likeness (QED) is 0.597. The van der Waals surface area contributed by atoms with Crippen LogP contribution in [0.3, 0.4) is 0 Å². The van der Waals surface area contributed by atoms with E-state index in [1.54, 1.807) is 5.38 Å². The highest BCUT2D eigenvalue weighted by Gasteiger charge is 2.16. The first-order chi connectivity index (χ1) is 13.8. The van der Waals surface area contributed by atoms with E-state index in [9.17, 15) is 9.59 Å². The second kappa shape index (κ2) is 9.01. The van der Waals surface area contributed by atoms with Crippen molar-refractivity contribution in [2.24, 2.45) is 0 Å². The highest BCUT2D eigenvalue weighted by atomic mass is 32.1. The molecular weight excluding hydrogens is 384 g/mol. The predicted molar refractivity (Wildman–Crippen MR) is 115 cm³/mol. The molecule has 29 heavy (non-hydrogen) atoms. The molecule has 0 aliphatic rings. The Morgan fingerprint density at radius 2 is 1.79 bits per heavy atom. The van der Waals surface area contributed by atoms with Crippen molar-refractivity contribution >= 4 is 23.2 Å². The Hall–Kier alpha value is -2.99. The molecule has 1 unspecified atom stereocenters. The molecule has 0 radical (unpaired) electrons. The smallest absolute Gasteiger partial charge is 0.358 e. The maximum atomic E-state index is 12.2. The fourth-order valence-corrected chi connectivity index (χ4v) is 3.60. The van der Waals surface area contributed by atoms with Crippen LogP contribution >= 0.6 is 11.3 Å². The molecule has 150 valence electrons. The first-order valence-corrected chi connectivity index (χ1v) is 10.3. The first kappa shape index (κ1) is 20.7. The third kappa shape index (κ3) is 5.29. The summed E-state index contributed by atoms with van der Waals surface area (Å²) in [5, 5.41) is 5.24. The summed E-state index contributed by atoms with van der Waals surface area (Å²) in [6.45, 7) is 7.66. The van der Waals surface area contributed by atoms with E-state index in [4.69, 9.17) is 4.74 Å². The van der Waals surface area contributed by atoms with Crippen LogP contribution in [0.2, 0.25) is 0 Å². The molecule has 0 fully saturated rings. The van der Waals surface area contributed by atoms with E-state index in [-0.39, 0.29) is 24.2 Å². The number of carbonyl (C=O) groups is 2. The normalized spacial score (nSPS) is 11.7. The minimum Gasteiger partial charge on any atom is -0.451 e. The van der Waals surface area contributed by atoms with Crippen LogP contribution in [0.5, 0.6) is 0 Å². The summed E-state index contributed by atoms with van der Waals surface area (Å²) < 4.78 is 5.13. The molecule has 1 amide bonds. The van der Waals surface area contributed by atoms with Crippen LogP contribution in [0, 0.1) is 20.8 Å². The highest BCUT2D eigenvalue weighted by Crippen LogP contribution is 2.24. The summed E-state index contributed by atoms with van der Waals surface area (Å²) in [5.74, 6) is -0.952. The van der Waals surface area contributed by atoms with Crippen LogP contribution in [0.1, 0.15) is 45.7 Å². The van der Waals surface area contributed by atoms with Gasteiger partial charge in [0, 0.05) is 10.9 Å². The SMILES string of the molecule is Cc1ccc(-c2nc(C(=O)OCC(=O)NC(C)c3ccc(C)c(C)c3)cs2)cc1. The van der Waals surface area contributed by atoms with Crippen molar-refractivity contribution < 1.29 is 14.3 Å². The fourth-order valence-electron chi connectivity index (χ4n) is 2.80. The largest absolute Gasteiger partial charge is 0.451 e. The lowest BCUT2D eigenvalue weighted by molar-refractivity contribution is -0.124. The Morgan fingerprint density at radius 3 is 2.48 bits per heavy atom. The van der Waals surface area contributed by atoms with Crippen LogP contribution in [0.4, 0.5) is 0 Å². The molecule has 0 saturated carbocycles. The Kier molecular flexibility index (Phi) is 6.44. The Morgan fingerprint density at radius 1 is 1.07 bits per heavy atom. The Bertz CT molecular complexity index is 1020. The predicted octanol–water partition coefficient (Wildman–Crippen LogP) is 4.77. The summed E-state index contributed by atoms with van der Waals surface area (Å²) in [6, 6.07) is 13.8. The van der Waals surface area contributed by atoms with E-state index in [1.165, 1.54) is 22.5 Å². The number of carbonyl (C=O) groups excluding carboxylic acids is 2. The first-order valence-electron chi connectivity index (χ1n) is 9.39. The lowest BCUT2D eigenvalue weighted by atomic mass is 10.0. The molecule has 1 aromatic heterocycles. The van der Waals surface area contributed by atoms with Crippen molar-refractivity contribution in [2.75, 3.05) is 6.61 Å². The molecule has 5 nitrogen and oxygen atoms in total. The average Bonchev–Trinajstić information content (AvgIpc) is 3.19. The summed E-state index contributed by atoms with van der Waals surface area (Å²) in [5.41, 5.74) is 5.69. The molecule has 0 aliphatic carbocycles. The zero-order chi connectivity index (χ0) is 21.0. The molecule has 0 saturated heterocycles. The maximum absolute atomic E-state index is 12.2. The molecular formula is C23H24N2O3S. The van der Waals surface area contributed by atoms with Gasteiger partial charge < -0.3 is 10.1 Å². The van der Waals surface area contributed by atoms with Crippen LogP contribution in [0.25, 0.3) is 10.6 Å². The molecule has 1 heterocycles. The lowest BCUT2D eigenvalue weighted by Gasteiger charge is -2.15. The highest BCUT2D eigenvalue weighted by molar-refractivity contribution is 7.13. The number of amides is 1. The number of hydrogen-bond donors (Lipinski definition) is 1. The standard InChI is InChI=1S/C23H24N2O3S/c1-14-5-8-18(9-6-14)22-25-20(13-29-22)23(27)28-12-21(26)24-17(4)19-10-7-15(2)16(3)11-19/h5-11,13,17H,12H2,1-4H3,(H,24,26). The van der Waals surface area contributed by atoms with Crippen LogP contribution in [0.15, 0.2) is 47.8 Å². The van der Waals surface area contributed by atoms with Crippen molar-refractivity contribution in [3.05, 3.63) is 75.8 Å². The molecule has 2 aromatic carbocycles. The number of hydrogen-bond acceptors (Lipinski definition) is 5. The van der Waals surface area contributed by atoms with E-state index in [0.717, 1.165) is 21.7 Å². The zero-order valence-electron chi connectivity index (χ0n) is 17.0. The van der Waals surface area contributed by atoms with Crippen LogP contribution in [-0.2, 0) is 9.53 Å². The lowest BCUT2D eigenvalue weighted by Crippen LogP contribution is -2.31. The monoisotopic (exact) mass is 408 g/mol. The Balaban J connectivity index is 1.54. The van der Waals surface area contributed by atoms with Gasteiger partial charge in [-0.3, -0.25) is 4.79 Å². The minimum absolute atomic E-state index is 0.173. The third-order valence-corrected chi connectivity index (χ3v) is 5.65. The van der Waals surface area contributed by atoms with Crippen molar-refractivity contribution in [1.29, 1.82) is 0 Å².